The molecule has 1 aliphatic rings. The van der Waals surface area contributed by atoms with Crippen LogP contribution in [0.1, 0.15) is 17.5 Å². The van der Waals surface area contributed by atoms with Gasteiger partial charge in [0.15, 0.2) is 0 Å². The molecule has 1 N–H and O–H groups in total. The predicted molar refractivity (Wildman–Crippen MR) is 88.8 cm³/mol. The van der Waals surface area contributed by atoms with Gasteiger partial charge in [-0.05, 0) is 49.1 Å². The van der Waals surface area contributed by atoms with Crippen LogP contribution in [-0.4, -0.2) is 22.1 Å². The third kappa shape index (κ3) is 3.12. The van der Waals surface area contributed by atoms with Crippen LogP contribution in [0.25, 0.3) is 0 Å². The minimum Gasteiger partial charge on any atom is -0.495 e. The number of aryl methyl sites for hydroxylation is 2. The van der Waals surface area contributed by atoms with Crippen LogP contribution in [0, 0.1) is 6.92 Å². The lowest BCUT2D eigenvalue weighted by Crippen LogP contribution is -2.17. The minimum absolute atomic E-state index is 0.119. The Hall–Kier alpha value is -2.21. The Morgan fingerprint density at radius 1 is 1.22 bits per heavy atom. The molecule has 0 aliphatic carbocycles. The van der Waals surface area contributed by atoms with Crippen LogP contribution in [0.3, 0.4) is 0 Å². The number of fused-ring (bicyclic) bond motifs is 1. The molecule has 2 aromatic carbocycles. The van der Waals surface area contributed by atoms with Gasteiger partial charge in [0.1, 0.15) is 16.4 Å². The van der Waals surface area contributed by atoms with Gasteiger partial charge in [-0.3, -0.25) is 4.72 Å². The second kappa shape index (κ2) is 6.12. The third-order valence-corrected chi connectivity index (χ3v) is 5.17. The monoisotopic (exact) mass is 333 g/mol. The lowest BCUT2D eigenvalue weighted by Gasteiger charge is -2.21. The molecular formula is C17H19NO4S. The van der Waals surface area contributed by atoms with E-state index >= 15 is 0 Å². The highest BCUT2D eigenvalue weighted by atomic mass is 32.2. The standard InChI is InChI=1S/C17H19NO4S/c1-12-8-9-15(21-2)16(11-12)23(19,20)18-14-7-3-5-13-6-4-10-22-17(13)14/h3,5,7-9,11,18H,4,6,10H2,1-2H3. The molecule has 0 fully saturated rings. The van der Waals surface area contributed by atoms with E-state index in [0.29, 0.717) is 23.8 Å². The molecule has 0 aromatic heterocycles. The van der Waals surface area contributed by atoms with E-state index in [1.54, 1.807) is 18.2 Å². The number of rotatable bonds is 4. The van der Waals surface area contributed by atoms with E-state index < -0.39 is 10.0 Å². The van der Waals surface area contributed by atoms with Crippen LogP contribution < -0.4 is 14.2 Å². The van der Waals surface area contributed by atoms with Crippen LogP contribution in [0.5, 0.6) is 11.5 Å². The van der Waals surface area contributed by atoms with Crippen molar-refractivity contribution in [1.29, 1.82) is 0 Å². The smallest absolute Gasteiger partial charge is 0.265 e. The maximum atomic E-state index is 12.8. The summed E-state index contributed by atoms with van der Waals surface area (Å²) in [4.78, 5) is 0.119. The number of ether oxygens (including phenoxy) is 2. The van der Waals surface area contributed by atoms with E-state index in [1.807, 2.05) is 25.1 Å². The van der Waals surface area contributed by atoms with Gasteiger partial charge < -0.3 is 9.47 Å². The fraction of sp³-hybridized carbons (Fsp3) is 0.294. The fourth-order valence-corrected chi connectivity index (χ4v) is 3.98. The van der Waals surface area contributed by atoms with Crippen molar-refractivity contribution in [3.8, 4) is 11.5 Å². The van der Waals surface area contributed by atoms with E-state index in [9.17, 15) is 8.42 Å². The molecule has 0 amide bonds. The highest BCUT2D eigenvalue weighted by molar-refractivity contribution is 7.92. The summed E-state index contributed by atoms with van der Waals surface area (Å²) < 4.78 is 39.0. The molecule has 3 rings (SSSR count). The van der Waals surface area contributed by atoms with Crippen molar-refractivity contribution in [3.63, 3.8) is 0 Å². The molecule has 2 aromatic rings. The topological polar surface area (TPSA) is 64.6 Å². The average Bonchev–Trinajstić information content (AvgIpc) is 2.55. The Morgan fingerprint density at radius 2 is 2.04 bits per heavy atom. The van der Waals surface area contributed by atoms with Crippen LogP contribution in [0.2, 0.25) is 0 Å². The zero-order chi connectivity index (χ0) is 16.4. The quantitative estimate of drug-likeness (QED) is 0.933. The molecule has 1 aliphatic heterocycles. The summed E-state index contributed by atoms with van der Waals surface area (Å²) in [6.07, 6.45) is 1.83. The van der Waals surface area contributed by atoms with Crippen molar-refractivity contribution >= 4 is 15.7 Å². The molecule has 0 spiro atoms. The third-order valence-electron chi connectivity index (χ3n) is 3.79. The van der Waals surface area contributed by atoms with E-state index in [1.165, 1.54) is 7.11 Å². The van der Waals surface area contributed by atoms with Crippen LogP contribution in [0.15, 0.2) is 41.3 Å². The van der Waals surface area contributed by atoms with Gasteiger partial charge in [0.2, 0.25) is 0 Å². The van der Waals surface area contributed by atoms with Crippen LogP contribution in [-0.2, 0) is 16.4 Å². The van der Waals surface area contributed by atoms with Gasteiger partial charge in [-0.2, -0.15) is 0 Å². The van der Waals surface area contributed by atoms with Crippen LogP contribution >= 0.6 is 0 Å². The number of anilines is 1. The number of benzene rings is 2. The van der Waals surface area contributed by atoms with Gasteiger partial charge in [0, 0.05) is 0 Å². The van der Waals surface area contributed by atoms with Crippen molar-refractivity contribution in [1.82, 2.24) is 0 Å². The molecule has 5 nitrogen and oxygen atoms in total. The zero-order valence-electron chi connectivity index (χ0n) is 13.1. The van der Waals surface area contributed by atoms with E-state index in [-0.39, 0.29) is 4.90 Å². The highest BCUT2D eigenvalue weighted by Crippen LogP contribution is 2.35. The molecule has 1 heterocycles. The van der Waals surface area contributed by atoms with Crippen molar-refractivity contribution in [2.75, 3.05) is 18.4 Å². The second-order valence-electron chi connectivity index (χ2n) is 5.51. The summed E-state index contributed by atoms with van der Waals surface area (Å²) in [6.45, 7) is 2.44. The summed E-state index contributed by atoms with van der Waals surface area (Å²) >= 11 is 0. The molecule has 0 atom stereocenters. The van der Waals surface area contributed by atoms with E-state index in [2.05, 4.69) is 4.72 Å². The summed E-state index contributed by atoms with van der Waals surface area (Å²) in [5, 5.41) is 0. The zero-order valence-corrected chi connectivity index (χ0v) is 13.9. The Labute approximate surface area is 136 Å². The molecule has 23 heavy (non-hydrogen) atoms. The molecule has 0 saturated heterocycles. The van der Waals surface area contributed by atoms with E-state index in [4.69, 9.17) is 9.47 Å². The number of hydrogen-bond acceptors (Lipinski definition) is 4. The Balaban J connectivity index is 2.01. The maximum absolute atomic E-state index is 12.8. The van der Waals surface area contributed by atoms with Gasteiger partial charge in [-0.1, -0.05) is 18.2 Å². The SMILES string of the molecule is COc1ccc(C)cc1S(=O)(=O)Nc1cccc2c1OCCC2. The van der Waals surface area contributed by atoms with Crippen molar-refractivity contribution in [3.05, 3.63) is 47.5 Å². The average molecular weight is 333 g/mol. The summed E-state index contributed by atoms with van der Waals surface area (Å²) in [6, 6.07) is 10.6. The first kappa shape index (κ1) is 15.7. The van der Waals surface area contributed by atoms with Crippen molar-refractivity contribution in [2.24, 2.45) is 0 Å². The first-order valence-electron chi connectivity index (χ1n) is 7.43. The molecule has 0 bridgehead atoms. The molecule has 0 saturated carbocycles. The van der Waals surface area contributed by atoms with Gasteiger partial charge in [0.05, 0.1) is 19.4 Å². The lowest BCUT2D eigenvalue weighted by atomic mass is 10.1. The molecular weight excluding hydrogens is 314 g/mol. The summed E-state index contributed by atoms with van der Waals surface area (Å²) in [5.41, 5.74) is 2.33. The van der Waals surface area contributed by atoms with Crippen molar-refractivity contribution in [2.45, 2.75) is 24.7 Å². The Morgan fingerprint density at radius 3 is 2.83 bits per heavy atom. The predicted octanol–water partition coefficient (Wildman–Crippen LogP) is 3.13. The lowest BCUT2D eigenvalue weighted by molar-refractivity contribution is 0.290. The summed E-state index contributed by atoms with van der Waals surface area (Å²) in [5.74, 6) is 0.933. The van der Waals surface area contributed by atoms with Gasteiger partial charge >= 0.3 is 0 Å². The maximum Gasteiger partial charge on any atom is 0.265 e. The minimum atomic E-state index is -3.77. The number of nitrogens with one attached hydrogen (secondary N) is 1. The highest BCUT2D eigenvalue weighted by Gasteiger charge is 2.23. The molecule has 0 unspecified atom stereocenters. The number of methoxy groups -OCH3 is 1. The van der Waals surface area contributed by atoms with Gasteiger partial charge in [-0.25, -0.2) is 8.42 Å². The Bertz CT molecular complexity index is 830. The normalized spacial score (nSPS) is 13.8. The molecule has 122 valence electrons. The molecule has 6 heteroatoms. The number of para-hydroxylation sites is 1. The van der Waals surface area contributed by atoms with Crippen molar-refractivity contribution < 1.29 is 17.9 Å². The number of hydrogen-bond donors (Lipinski definition) is 1. The largest absolute Gasteiger partial charge is 0.495 e. The summed E-state index contributed by atoms with van der Waals surface area (Å²) in [7, 11) is -2.31. The fourth-order valence-electron chi connectivity index (χ4n) is 2.66. The first-order valence-corrected chi connectivity index (χ1v) is 8.92. The molecule has 0 radical (unpaired) electrons. The number of sulfonamides is 1. The van der Waals surface area contributed by atoms with E-state index in [0.717, 1.165) is 24.0 Å². The second-order valence-corrected chi connectivity index (χ2v) is 7.16. The first-order chi connectivity index (χ1) is 11.0. The van der Waals surface area contributed by atoms with Gasteiger partial charge in [-0.15, -0.1) is 0 Å². The van der Waals surface area contributed by atoms with Crippen LogP contribution in [0.4, 0.5) is 5.69 Å². The Kier molecular flexibility index (Phi) is 4.17. The van der Waals surface area contributed by atoms with Gasteiger partial charge in [0.25, 0.3) is 10.0 Å².